The summed E-state index contributed by atoms with van der Waals surface area (Å²) in [6.07, 6.45) is 3.87. The Kier molecular flexibility index (Phi) is 3.26. The lowest BCUT2D eigenvalue weighted by Crippen LogP contribution is -2.25. The van der Waals surface area contributed by atoms with Gasteiger partial charge in [-0.2, -0.15) is 5.10 Å². The molecule has 20 heavy (non-hydrogen) atoms. The summed E-state index contributed by atoms with van der Waals surface area (Å²) >= 11 is 0. The van der Waals surface area contributed by atoms with Gasteiger partial charge < -0.3 is 5.32 Å². The summed E-state index contributed by atoms with van der Waals surface area (Å²) in [6.45, 7) is 2.48. The summed E-state index contributed by atoms with van der Waals surface area (Å²) in [4.78, 5) is 12.1. The number of carbonyl (C=O) groups excluding carboxylic acids is 1. The average Bonchev–Trinajstić information content (AvgIpc) is 3.19. The molecule has 1 aliphatic rings. The highest BCUT2D eigenvalue weighted by molar-refractivity contribution is 5.95. The topological polar surface area (TPSA) is 46.9 Å². The number of rotatable bonds is 4. The number of para-hydroxylation sites is 1. The molecule has 1 fully saturated rings. The number of nitrogens with zero attached hydrogens (tertiary/aromatic N) is 2. The number of nitrogens with one attached hydrogen (secondary N) is 1. The first-order chi connectivity index (χ1) is 9.66. The molecular formula is C15H16FN3O. The molecule has 1 saturated carbocycles. The molecule has 0 aliphatic heterocycles. The zero-order valence-electron chi connectivity index (χ0n) is 11.3. The average molecular weight is 273 g/mol. The molecule has 0 atom stereocenters. The lowest BCUT2D eigenvalue weighted by atomic mass is 10.2. The molecular weight excluding hydrogens is 257 g/mol. The van der Waals surface area contributed by atoms with E-state index in [0.29, 0.717) is 29.4 Å². The molecule has 1 heterocycles. The maximum atomic E-state index is 13.8. The van der Waals surface area contributed by atoms with Crippen LogP contribution in [0.15, 0.2) is 30.5 Å². The second kappa shape index (κ2) is 5.07. The molecule has 0 saturated heterocycles. The molecule has 1 N–H and O–H groups in total. The van der Waals surface area contributed by atoms with Crippen molar-refractivity contribution in [2.24, 2.45) is 5.92 Å². The summed E-state index contributed by atoms with van der Waals surface area (Å²) in [5.41, 5.74) is 1.49. The highest BCUT2D eigenvalue weighted by Crippen LogP contribution is 2.27. The smallest absolute Gasteiger partial charge is 0.254 e. The van der Waals surface area contributed by atoms with E-state index in [1.807, 2.05) is 0 Å². The molecule has 0 unspecified atom stereocenters. The van der Waals surface area contributed by atoms with Crippen molar-refractivity contribution in [2.75, 3.05) is 6.54 Å². The molecule has 2 aromatic rings. The van der Waals surface area contributed by atoms with E-state index in [4.69, 9.17) is 0 Å². The third-order valence-electron chi connectivity index (χ3n) is 3.58. The first-order valence-electron chi connectivity index (χ1n) is 6.74. The summed E-state index contributed by atoms with van der Waals surface area (Å²) in [5, 5.41) is 7.02. The van der Waals surface area contributed by atoms with E-state index >= 15 is 0 Å². The van der Waals surface area contributed by atoms with Crippen LogP contribution in [0.3, 0.4) is 0 Å². The van der Waals surface area contributed by atoms with Gasteiger partial charge in [0.05, 0.1) is 17.5 Å². The second-order valence-electron chi connectivity index (χ2n) is 5.16. The molecule has 1 aliphatic carbocycles. The van der Waals surface area contributed by atoms with E-state index in [0.717, 1.165) is 0 Å². The fraction of sp³-hybridized carbons (Fsp3) is 0.333. The van der Waals surface area contributed by atoms with Crippen molar-refractivity contribution < 1.29 is 9.18 Å². The zero-order valence-corrected chi connectivity index (χ0v) is 11.3. The number of aromatic nitrogens is 2. The molecule has 1 aromatic heterocycles. The fourth-order valence-corrected chi connectivity index (χ4v) is 2.15. The molecule has 3 rings (SSSR count). The predicted octanol–water partition coefficient (Wildman–Crippen LogP) is 2.46. The lowest BCUT2D eigenvalue weighted by Gasteiger charge is -2.07. The fourth-order valence-electron chi connectivity index (χ4n) is 2.15. The number of hydrogen-bond acceptors (Lipinski definition) is 2. The van der Waals surface area contributed by atoms with Gasteiger partial charge in [0.25, 0.3) is 5.91 Å². The Bertz CT molecular complexity index is 646. The molecule has 0 bridgehead atoms. The van der Waals surface area contributed by atoms with Crippen molar-refractivity contribution in [2.45, 2.75) is 19.8 Å². The van der Waals surface area contributed by atoms with Crippen LogP contribution >= 0.6 is 0 Å². The first kappa shape index (κ1) is 12.8. The van der Waals surface area contributed by atoms with Crippen LogP contribution in [0, 0.1) is 18.7 Å². The third kappa shape index (κ3) is 2.43. The molecule has 0 spiro atoms. The summed E-state index contributed by atoms with van der Waals surface area (Å²) in [7, 11) is 0. The number of benzene rings is 1. The Balaban J connectivity index is 1.84. The van der Waals surface area contributed by atoms with Gasteiger partial charge in [-0.05, 0) is 37.8 Å². The summed E-state index contributed by atoms with van der Waals surface area (Å²) in [5.74, 6) is 0.126. The van der Waals surface area contributed by atoms with Crippen LogP contribution in [0.4, 0.5) is 4.39 Å². The maximum Gasteiger partial charge on any atom is 0.254 e. The largest absolute Gasteiger partial charge is 0.352 e. The Morgan fingerprint density at radius 1 is 1.45 bits per heavy atom. The van der Waals surface area contributed by atoms with Crippen LogP contribution in [-0.4, -0.2) is 22.2 Å². The normalized spacial score (nSPS) is 14.3. The van der Waals surface area contributed by atoms with Crippen LogP contribution in [0.25, 0.3) is 5.69 Å². The van der Waals surface area contributed by atoms with Crippen LogP contribution in [0.5, 0.6) is 0 Å². The Hall–Kier alpha value is -2.17. The monoisotopic (exact) mass is 273 g/mol. The van der Waals surface area contributed by atoms with Crippen molar-refractivity contribution in [3.63, 3.8) is 0 Å². The quantitative estimate of drug-likeness (QED) is 0.930. The molecule has 1 aromatic carbocycles. The van der Waals surface area contributed by atoms with Gasteiger partial charge in [0.2, 0.25) is 0 Å². The van der Waals surface area contributed by atoms with Crippen molar-refractivity contribution in [3.8, 4) is 5.69 Å². The molecule has 0 radical (unpaired) electrons. The first-order valence-corrected chi connectivity index (χ1v) is 6.74. The van der Waals surface area contributed by atoms with Gasteiger partial charge >= 0.3 is 0 Å². The van der Waals surface area contributed by atoms with E-state index in [2.05, 4.69) is 10.4 Å². The Labute approximate surface area is 116 Å². The minimum Gasteiger partial charge on any atom is -0.352 e. The van der Waals surface area contributed by atoms with E-state index < -0.39 is 0 Å². The van der Waals surface area contributed by atoms with Crippen LogP contribution in [-0.2, 0) is 0 Å². The summed E-state index contributed by atoms with van der Waals surface area (Å²) in [6, 6.07) is 6.39. The highest BCUT2D eigenvalue weighted by atomic mass is 19.1. The van der Waals surface area contributed by atoms with E-state index in [1.165, 1.54) is 29.8 Å². The molecule has 5 heteroatoms. The third-order valence-corrected chi connectivity index (χ3v) is 3.58. The SMILES string of the molecule is Cc1c(C(=O)NCC2CC2)cnn1-c1ccccc1F. The lowest BCUT2D eigenvalue weighted by molar-refractivity contribution is 0.0951. The van der Waals surface area contributed by atoms with Gasteiger partial charge in [0.15, 0.2) is 0 Å². The van der Waals surface area contributed by atoms with Gasteiger partial charge in [-0.3, -0.25) is 4.79 Å². The van der Waals surface area contributed by atoms with Gasteiger partial charge in [-0.1, -0.05) is 12.1 Å². The van der Waals surface area contributed by atoms with Crippen molar-refractivity contribution in [1.82, 2.24) is 15.1 Å². The van der Waals surface area contributed by atoms with E-state index in [-0.39, 0.29) is 11.7 Å². The van der Waals surface area contributed by atoms with Crippen LogP contribution in [0.1, 0.15) is 28.9 Å². The zero-order chi connectivity index (χ0) is 14.1. The minimum absolute atomic E-state index is 0.142. The Morgan fingerprint density at radius 2 is 2.20 bits per heavy atom. The molecule has 104 valence electrons. The van der Waals surface area contributed by atoms with Gasteiger partial charge in [-0.25, -0.2) is 9.07 Å². The van der Waals surface area contributed by atoms with E-state index in [9.17, 15) is 9.18 Å². The van der Waals surface area contributed by atoms with Crippen molar-refractivity contribution >= 4 is 5.91 Å². The highest BCUT2D eigenvalue weighted by Gasteiger charge is 2.23. The standard InChI is InChI=1S/C15H16FN3O/c1-10-12(15(20)17-8-11-6-7-11)9-18-19(10)14-5-3-2-4-13(14)16/h2-5,9,11H,6-8H2,1H3,(H,17,20). The van der Waals surface area contributed by atoms with Crippen LogP contribution < -0.4 is 5.32 Å². The number of carbonyl (C=O) groups is 1. The number of hydrogen-bond donors (Lipinski definition) is 1. The predicted molar refractivity (Wildman–Crippen MR) is 73.3 cm³/mol. The van der Waals surface area contributed by atoms with Crippen molar-refractivity contribution in [3.05, 3.63) is 47.5 Å². The number of halogens is 1. The van der Waals surface area contributed by atoms with Gasteiger partial charge in [-0.15, -0.1) is 0 Å². The molecule has 4 nitrogen and oxygen atoms in total. The van der Waals surface area contributed by atoms with Gasteiger partial charge in [0, 0.05) is 6.54 Å². The maximum absolute atomic E-state index is 13.8. The minimum atomic E-state index is -0.358. The summed E-state index contributed by atoms with van der Waals surface area (Å²) < 4.78 is 15.2. The number of amides is 1. The van der Waals surface area contributed by atoms with Gasteiger partial charge in [0.1, 0.15) is 11.5 Å². The van der Waals surface area contributed by atoms with Crippen molar-refractivity contribution in [1.29, 1.82) is 0 Å². The molecule has 1 amide bonds. The van der Waals surface area contributed by atoms with Crippen LogP contribution in [0.2, 0.25) is 0 Å². The van der Waals surface area contributed by atoms with E-state index in [1.54, 1.807) is 25.1 Å². The Morgan fingerprint density at radius 3 is 2.90 bits per heavy atom. The second-order valence-corrected chi connectivity index (χ2v) is 5.16.